The summed E-state index contributed by atoms with van der Waals surface area (Å²) < 4.78 is 5.95. The number of H-pyrrole nitrogens is 1. The van der Waals surface area contributed by atoms with Crippen molar-refractivity contribution in [2.24, 2.45) is 0 Å². The molecular weight excluding hydrogens is 302 g/mol. The van der Waals surface area contributed by atoms with Crippen LogP contribution < -0.4 is 5.32 Å². The Morgan fingerprint density at radius 2 is 2.17 bits per heavy atom. The maximum absolute atomic E-state index is 12.3. The maximum Gasteiger partial charge on any atom is 0.267 e. The molecule has 2 heterocycles. The number of nitrogens with one attached hydrogen (secondary N) is 2. The summed E-state index contributed by atoms with van der Waals surface area (Å²) in [6.07, 6.45) is 2.62. The molecule has 128 valence electrons. The summed E-state index contributed by atoms with van der Waals surface area (Å²) in [5.74, 6) is -0.0735. The van der Waals surface area contributed by atoms with E-state index in [0.29, 0.717) is 12.3 Å². The summed E-state index contributed by atoms with van der Waals surface area (Å²) in [5.41, 5.74) is 1.90. The van der Waals surface area contributed by atoms with Crippen LogP contribution in [-0.4, -0.2) is 47.6 Å². The molecule has 1 aromatic heterocycles. The Morgan fingerprint density at radius 1 is 1.33 bits per heavy atom. The van der Waals surface area contributed by atoms with Gasteiger partial charge in [-0.05, 0) is 24.1 Å². The minimum atomic E-state index is -0.0735. The zero-order valence-corrected chi connectivity index (χ0v) is 14.1. The van der Waals surface area contributed by atoms with Crippen LogP contribution in [0.15, 0.2) is 48.7 Å². The third-order valence-corrected chi connectivity index (χ3v) is 4.47. The number of aromatic nitrogens is 1. The largest absolute Gasteiger partial charge is 0.373 e. The molecule has 1 aromatic carbocycles. The second-order valence-corrected chi connectivity index (χ2v) is 6.20. The van der Waals surface area contributed by atoms with E-state index in [2.05, 4.69) is 46.4 Å². The molecule has 0 spiro atoms. The number of hydrogen-bond donors (Lipinski definition) is 2. The lowest BCUT2D eigenvalue weighted by Crippen LogP contribution is -2.53. The zero-order valence-electron chi connectivity index (χ0n) is 14.1. The molecule has 0 saturated carbocycles. The van der Waals surface area contributed by atoms with E-state index in [4.69, 9.17) is 4.74 Å². The van der Waals surface area contributed by atoms with E-state index in [1.54, 1.807) is 12.3 Å². The first-order valence-electron chi connectivity index (χ1n) is 8.58. The van der Waals surface area contributed by atoms with Crippen LogP contribution in [0.5, 0.6) is 0 Å². The first-order chi connectivity index (χ1) is 11.8. The second kappa shape index (κ2) is 8.13. The summed E-state index contributed by atoms with van der Waals surface area (Å²) in [4.78, 5) is 17.6. The molecule has 0 aliphatic carbocycles. The molecule has 1 aliphatic heterocycles. The highest BCUT2D eigenvalue weighted by Crippen LogP contribution is 2.15. The highest BCUT2D eigenvalue weighted by molar-refractivity contribution is 5.92. The van der Waals surface area contributed by atoms with E-state index in [-0.39, 0.29) is 18.1 Å². The highest BCUT2D eigenvalue weighted by Gasteiger charge is 2.28. The molecule has 5 heteroatoms. The van der Waals surface area contributed by atoms with E-state index >= 15 is 0 Å². The summed E-state index contributed by atoms with van der Waals surface area (Å²) in [7, 11) is 0. The molecule has 0 bridgehead atoms. The summed E-state index contributed by atoms with van der Waals surface area (Å²) >= 11 is 0. The van der Waals surface area contributed by atoms with Gasteiger partial charge in [0.2, 0.25) is 0 Å². The number of hydrogen-bond acceptors (Lipinski definition) is 3. The van der Waals surface area contributed by atoms with Crippen LogP contribution in [0.3, 0.4) is 0 Å². The van der Waals surface area contributed by atoms with Gasteiger partial charge >= 0.3 is 0 Å². The van der Waals surface area contributed by atoms with Crippen molar-refractivity contribution >= 4 is 5.91 Å². The number of benzene rings is 1. The number of aromatic amines is 1. The van der Waals surface area contributed by atoms with Crippen molar-refractivity contribution in [2.75, 3.05) is 19.7 Å². The average Bonchev–Trinajstić information content (AvgIpc) is 3.15. The van der Waals surface area contributed by atoms with Gasteiger partial charge in [-0.3, -0.25) is 9.69 Å². The van der Waals surface area contributed by atoms with Crippen molar-refractivity contribution in [3.8, 4) is 0 Å². The van der Waals surface area contributed by atoms with Gasteiger partial charge < -0.3 is 15.0 Å². The van der Waals surface area contributed by atoms with Crippen LogP contribution in [0.2, 0.25) is 0 Å². The maximum atomic E-state index is 12.3. The van der Waals surface area contributed by atoms with Gasteiger partial charge in [-0.1, -0.05) is 37.3 Å². The number of morpholine rings is 1. The van der Waals surface area contributed by atoms with Crippen LogP contribution in [0.25, 0.3) is 0 Å². The molecule has 2 atom stereocenters. The molecule has 3 rings (SSSR count). The van der Waals surface area contributed by atoms with Crippen molar-refractivity contribution in [2.45, 2.75) is 32.0 Å². The van der Waals surface area contributed by atoms with Crippen molar-refractivity contribution in [1.29, 1.82) is 0 Å². The molecular formula is C19H25N3O2. The standard InChI is InChI=1S/C19H25N3O2/c1-2-16(21-19(23)17-9-6-10-20-17)18-14-22(11-12-24-18)13-15-7-4-3-5-8-15/h3-10,16,18,20H,2,11-14H2,1H3,(H,21,23)/t16-,18+/m0/s1. The van der Waals surface area contributed by atoms with Crippen LogP contribution >= 0.6 is 0 Å². The van der Waals surface area contributed by atoms with Crippen molar-refractivity contribution in [3.05, 3.63) is 59.9 Å². The van der Waals surface area contributed by atoms with E-state index in [1.165, 1.54) is 5.56 Å². The molecule has 1 saturated heterocycles. The predicted molar refractivity (Wildman–Crippen MR) is 93.8 cm³/mol. The fourth-order valence-corrected chi connectivity index (χ4v) is 3.14. The smallest absolute Gasteiger partial charge is 0.267 e. The minimum Gasteiger partial charge on any atom is -0.373 e. The predicted octanol–water partition coefficient (Wildman–Crippen LogP) is 2.42. The van der Waals surface area contributed by atoms with Gasteiger partial charge in [0.15, 0.2) is 0 Å². The van der Waals surface area contributed by atoms with Gasteiger partial charge in [-0.25, -0.2) is 0 Å². The molecule has 1 fully saturated rings. The van der Waals surface area contributed by atoms with Crippen molar-refractivity contribution in [1.82, 2.24) is 15.2 Å². The van der Waals surface area contributed by atoms with E-state index < -0.39 is 0 Å². The summed E-state index contributed by atoms with van der Waals surface area (Å²) in [6.45, 7) is 5.46. The van der Waals surface area contributed by atoms with Crippen LogP contribution in [0.4, 0.5) is 0 Å². The molecule has 1 aliphatic rings. The number of rotatable bonds is 6. The van der Waals surface area contributed by atoms with Gasteiger partial charge in [0.25, 0.3) is 5.91 Å². The molecule has 24 heavy (non-hydrogen) atoms. The van der Waals surface area contributed by atoms with Gasteiger partial charge in [0.05, 0.1) is 18.8 Å². The Hall–Kier alpha value is -2.11. The lowest BCUT2D eigenvalue weighted by molar-refractivity contribution is -0.0483. The monoisotopic (exact) mass is 327 g/mol. The minimum absolute atomic E-state index is 0.0133. The fourth-order valence-electron chi connectivity index (χ4n) is 3.14. The fraction of sp³-hybridized carbons (Fsp3) is 0.421. The third kappa shape index (κ3) is 4.24. The Balaban J connectivity index is 1.58. The molecule has 0 radical (unpaired) electrons. The second-order valence-electron chi connectivity index (χ2n) is 6.20. The van der Waals surface area contributed by atoms with Gasteiger partial charge in [-0.15, -0.1) is 0 Å². The molecule has 1 amide bonds. The van der Waals surface area contributed by atoms with Crippen LogP contribution in [0, 0.1) is 0 Å². The first kappa shape index (κ1) is 16.7. The average molecular weight is 327 g/mol. The summed E-state index contributed by atoms with van der Waals surface area (Å²) in [6, 6.07) is 14.1. The van der Waals surface area contributed by atoms with Crippen LogP contribution in [-0.2, 0) is 11.3 Å². The van der Waals surface area contributed by atoms with Crippen molar-refractivity contribution < 1.29 is 9.53 Å². The topological polar surface area (TPSA) is 57.4 Å². The quantitative estimate of drug-likeness (QED) is 0.857. The van der Waals surface area contributed by atoms with E-state index in [0.717, 1.165) is 26.1 Å². The Kier molecular flexibility index (Phi) is 5.67. The normalized spacial score (nSPS) is 19.8. The Labute approximate surface area is 143 Å². The van der Waals surface area contributed by atoms with E-state index in [9.17, 15) is 4.79 Å². The number of carbonyl (C=O) groups excluding carboxylic acids is 1. The lowest BCUT2D eigenvalue weighted by atomic mass is 10.1. The van der Waals surface area contributed by atoms with Gasteiger partial charge in [0.1, 0.15) is 5.69 Å². The van der Waals surface area contributed by atoms with Gasteiger partial charge in [0, 0.05) is 25.8 Å². The number of nitrogens with zero attached hydrogens (tertiary/aromatic N) is 1. The zero-order chi connectivity index (χ0) is 16.8. The third-order valence-electron chi connectivity index (χ3n) is 4.47. The number of amides is 1. The van der Waals surface area contributed by atoms with Gasteiger partial charge in [-0.2, -0.15) is 0 Å². The lowest BCUT2D eigenvalue weighted by Gasteiger charge is -2.37. The Morgan fingerprint density at radius 3 is 2.88 bits per heavy atom. The summed E-state index contributed by atoms with van der Waals surface area (Å²) in [5, 5.41) is 3.10. The molecule has 2 aromatic rings. The highest BCUT2D eigenvalue weighted by atomic mass is 16.5. The first-order valence-corrected chi connectivity index (χ1v) is 8.58. The molecule has 2 N–H and O–H groups in total. The Bertz CT molecular complexity index is 627. The number of carbonyl (C=O) groups is 1. The number of ether oxygens (including phenoxy) is 1. The van der Waals surface area contributed by atoms with E-state index in [1.807, 2.05) is 12.1 Å². The molecule has 5 nitrogen and oxygen atoms in total. The van der Waals surface area contributed by atoms with Crippen LogP contribution in [0.1, 0.15) is 29.4 Å². The SMILES string of the molecule is CC[C@H](NC(=O)c1ccc[nH]1)[C@H]1CN(Cc2ccccc2)CCO1. The van der Waals surface area contributed by atoms with Crippen molar-refractivity contribution in [3.63, 3.8) is 0 Å². The molecule has 0 unspecified atom stereocenters.